The van der Waals surface area contributed by atoms with Crippen molar-refractivity contribution in [3.8, 4) is 28.2 Å². The number of halogens is 1. The first-order valence-corrected chi connectivity index (χ1v) is 12.1. The summed E-state index contributed by atoms with van der Waals surface area (Å²) in [6.45, 7) is 7.60. The molecule has 0 spiro atoms. The molecule has 1 fully saturated rings. The van der Waals surface area contributed by atoms with E-state index in [1.54, 1.807) is 19.1 Å². The van der Waals surface area contributed by atoms with Crippen LogP contribution < -0.4 is 10.5 Å². The van der Waals surface area contributed by atoms with Crippen LogP contribution in [-0.2, 0) is 9.47 Å². The first-order chi connectivity index (χ1) is 18.3. The quantitative estimate of drug-likeness (QED) is 0.276. The monoisotopic (exact) mass is 523 g/mol. The van der Waals surface area contributed by atoms with E-state index in [0.717, 1.165) is 18.7 Å². The zero-order chi connectivity index (χ0) is 26.8. The molecule has 1 aliphatic rings. The zero-order valence-corrected chi connectivity index (χ0v) is 20.9. The van der Waals surface area contributed by atoms with Gasteiger partial charge in [-0.25, -0.2) is 14.0 Å². The number of primary amides is 1. The third-order valence-corrected chi connectivity index (χ3v) is 6.37. The summed E-state index contributed by atoms with van der Waals surface area (Å²) >= 11 is 0. The van der Waals surface area contributed by atoms with E-state index in [-0.39, 0.29) is 11.3 Å². The van der Waals surface area contributed by atoms with Gasteiger partial charge in [0.15, 0.2) is 0 Å². The molecule has 5 rings (SSSR count). The maximum atomic E-state index is 13.6. The maximum Gasteiger partial charge on any atom is 0.412 e. The molecule has 2 aromatic carbocycles. The van der Waals surface area contributed by atoms with Crippen LogP contribution in [0.15, 0.2) is 45.3 Å². The molecule has 1 saturated heterocycles. The Hall–Kier alpha value is -4.22. The third kappa shape index (κ3) is 5.11. The number of esters is 1. The first-order valence-electron chi connectivity index (χ1n) is 12.1. The van der Waals surface area contributed by atoms with Crippen LogP contribution >= 0.6 is 0 Å². The molecule has 2 N–H and O–H groups in total. The van der Waals surface area contributed by atoms with Gasteiger partial charge in [-0.05, 0) is 50.2 Å². The molecular weight excluding hydrogens is 497 g/mol. The number of amides is 1. The lowest BCUT2D eigenvalue weighted by Gasteiger charge is -2.26. The summed E-state index contributed by atoms with van der Waals surface area (Å²) in [5, 5.41) is 4.40. The van der Waals surface area contributed by atoms with Gasteiger partial charge in [-0.15, -0.1) is 0 Å². The van der Waals surface area contributed by atoms with Gasteiger partial charge in [-0.2, -0.15) is 0 Å². The number of carbonyl (C=O) groups is 2. The molecule has 38 heavy (non-hydrogen) atoms. The minimum absolute atomic E-state index is 0.0336. The average Bonchev–Trinajstić information content (AvgIpc) is 3.43. The highest BCUT2D eigenvalue weighted by Crippen LogP contribution is 2.42. The van der Waals surface area contributed by atoms with E-state index in [2.05, 4.69) is 10.1 Å². The number of rotatable bonds is 7. The van der Waals surface area contributed by atoms with Gasteiger partial charge in [0.05, 0.1) is 24.5 Å². The number of hydrogen-bond acceptors (Lipinski definition) is 9. The highest BCUT2D eigenvalue weighted by molar-refractivity contribution is 6.12. The Morgan fingerprint density at radius 3 is 2.53 bits per heavy atom. The molecule has 0 aliphatic carbocycles. The molecule has 0 radical (unpaired) electrons. The highest BCUT2D eigenvalue weighted by Gasteiger charge is 2.28. The number of aryl methyl sites for hydroxylation is 2. The van der Waals surface area contributed by atoms with Crippen molar-refractivity contribution < 1.29 is 37.1 Å². The van der Waals surface area contributed by atoms with Crippen LogP contribution in [-0.4, -0.2) is 61.6 Å². The number of nitrogens with zero attached hydrogens (tertiary/aromatic N) is 2. The fourth-order valence-electron chi connectivity index (χ4n) is 4.56. The second-order valence-corrected chi connectivity index (χ2v) is 8.87. The van der Waals surface area contributed by atoms with E-state index < -0.39 is 17.9 Å². The normalized spacial score (nSPS) is 14.1. The van der Waals surface area contributed by atoms with Crippen molar-refractivity contribution in [2.45, 2.75) is 13.8 Å². The predicted octanol–water partition coefficient (Wildman–Crippen LogP) is 4.46. The van der Waals surface area contributed by atoms with Crippen LogP contribution in [0.25, 0.3) is 33.4 Å². The molecular formula is C27H26FN3O7. The minimum Gasteiger partial charge on any atom is -0.492 e. The molecule has 1 aliphatic heterocycles. The van der Waals surface area contributed by atoms with E-state index in [9.17, 15) is 14.0 Å². The van der Waals surface area contributed by atoms with E-state index in [1.165, 1.54) is 24.3 Å². The van der Waals surface area contributed by atoms with Crippen molar-refractivity contribution in [2.24, 2.45) is 5.73 Å². The number of nitrogens with two attached hydrogens (primary N) is 1. The van der Waals surface area contributed by atoms with E-state index in [0.29, 0.717) is 65.7 Å². The molecule has 0 atom stereocenters. The molecule has 0 bridgehead atoms. The van der Waals surface area contributed by atoms with Crippen LogP contribution in [0.1, 0.15) is 21.8 Å². The van der Waals surface area contributed by atoms with E-state index >= 15 is 0 Å². The van der Waals surface area contributed by atoms with Gasteiger partial charge < -0.3 is 28.9 Å². The fraction of sp³-hybridized carbons (Fsp3) is 0.296. The molecule has 4 aromatic rings. The summed E-state index contributed by atoms with van der Waals surface area (Å²) in [6.07, 6.45) is -1.26. The van der Waals surface area contributed by atoms with Crippen LogP contribution in [0.2, 0.25) is 0 Å². The predicted molar refractivity (Wildman–Crippen MR) is 134 cm³/mol. The molecule has 198 valence electrons. The van der Waals surface area contributed by atoms with Gasteiger partial charge in [0.2, 0.25) is 0 Å². The molecule has 0 unspecified atom stereocenters. The molecule has 11 heteroatoms. The summed E-state index contributed by atoms with van der Waals surface area (Å²) in [4.78, 5) is 26.7. The Morgan fingerprint density at radius 2 is 1.87 bits per heavy atom. The summed E-state index contributed by atoms with van der Waals surface area (Å²) in [6, 6.07) is 8.78. The van der Waals surface area contributed by atoms with Crippen molar-refractivity contribution in [2.75, 3.05) is 39.5 Å². The lowest BCUT2D eigenvalue weighted by molar-refractivity contribution is 0.0323. The van der Waals surface area contributed by atoms with Crippen LogP contribution in [0.4, 0.5) is 9.18 Å². The zero-order valence-electron chi connectivity index (χ0n) is 20.9. The Bertz CT molecular complexity index is 1470. The van der Waals surface area contributed by atoms with Crippen molar-refractivity contribution in [3.05, 3.63) is 59.2 Å². The molecule has 1 amide bonds. The number of morpholine rings is 1. The minimum atomic E-state index is -1.26. The average molecular weight is 524 g/mol. The summed E-state index contributed by atoms with van der Waals surface area (Å²) in [7, 11) is 0. The topological polar surface area (TPSA) is 130 Å². The van der Waals surface area contributed by atoms with Crippen molar-refractivity contribution in [1.82, 2.24) is 10.1 Å². The van der Waals surface area contributed by atoms with Crippen LogP contribution in [0, 0.1) is 19.7 Å². The number of benzene rings is 2. The smallest absolute Gasteiger partial charge is 0.412 e. The molecule has 10 nitrogen and oxygen atoms in total. The Balaban J connectivity index is 1.64. The summed E-state index contributed by atoms with van der Waals surface area (Å²) in [5.74, 6) is -0.317. The SMILES string of the molecule is Cc1noc(C)c1-c1cc2oc(-c3ccc(F)cc3)c(C(=O)OC(N)=O)c2cc1OCCN1CCOCC1. The van der Waals surface area contributed by atoms with Gasteiger partial charge in [0.1, 0.15) is 40.8 Å². The number of hydrogen-bond donors (Lipinski definition) is 1. The summed E-state index contributed by atoms with van der Waals surface area (Å²) in [5.41, 5.74) is 7.85. The number of carbonyl (C=O) groups excluding carboxylic acids is 2. The molecule has 0 saturated carbocycles. The lowest BCUT2D eigenvalue weighted by atomic mass is 9.99. The van der Waals surface area contributed by atoms with E-state index in [4.69, 9.17) is 28.9 Å². The third-order valence-electron chi connectivity index (χ3n) is 6.37. The lowest BCUT2D eigenvalue weighted by Crippen LogP contribution is -2.38. The van der Waals surface area contributed by atoms with Crippen LogP contribution in [0.5, 0.6) is 5.75 Å². The van der Waals surface area contributed by atoms with Gasteiger partial charge >= 0.3 is 12.1 Å². The standard InChI is InChI=1S/C27H26FN3O7/c1-15-23(16(2)38-30-15)19-14-22-20(13-21(19)35-12-9-31-7-10-34-11-8-31)24(26(32)37-27(29)33)25(36-22)17-3-5-18(28)6-4-17/h3-6,13-14H,7-12H2,1-2H3,(H2,29,33). The van der Waals surface area contributed by atoms with Crippen molar-refractivity contribution >= 4 is 23.0 Å². The Morgan fingerprint density at radius 1 is 1.13 bits per heavy atom. The Labute approximate surface area is 217 Å². The number of aromatic nitrogens is 1. The number of furan rings is 1. The number of fused-ring (bicyclic) bond motifs is 1. The van der Waals surface area contributed by atoms with Crippen molar-refractivity contribution in [1.29, 1.82) is 0 Å². The first kappa shape index (κ1) is 25.4. The van der Waals surface area contributed by atoms with Crippen molar-refractivity contribution in [3.63, 3.8) is 0 Å². The number of ether oxygens (including phenoxy) is 3. The highest BCUT2D eigenvalue weighted by atomic mass is 19.1. The Kier molecular flexibility index (Phi) is 7.12. The van der Waals surface area contributed by atoms with Gasteiger partial charge in [-0.3, -0.25) is 4.90 Å². The molecule has 2 aromatic heterocycles. The van der Waals surface area contributed by atoms with E-state index in [1.807, 2.05) is 6.92 Å². The van der Waals surface area contributed by atoms with Gasteiger partial charge in [0, 0.05) is 36.1 Å². The summed E-state index contributed by atoms with van der Waals surface area (Å²) < 4.78 is 41.4. The van der Waals surface area contributed by atoms with Gasteiger partial charge in [0.25, 0.3) is 0 Å². The largest absolute Gasteiger partial charge is 0.492 e. The molecule has 3 heterocycles. The van der Waals surface area contributed by atoms with Crippen LogP contribution in [0.3, 0.4) is 0 Å². The second-order valence-electron chi connectivity index (χ2n) is 8.87. The maximum absolute atomic E-state index is 13.6. The fourth-order valence-corrected chi connectivity index (χ4v) is 4.56. The van der Waals surface area contributed by atoms with Gasteiger partial charge in [-0.1, -0.05) is 5.16 Å². The second kappa shape index (κ2) is 10.6.